The number of thiol groups is 1. The van der Waals surface area contributed by atoms with Crippen LogP contribution in [0.1, 0.15) is 0 Å². The predicted octanol–water partition coefficient (Wildman–Crippen LogP) is 0.115. The minimum absolute atomic E-state index is 0. The molecule has 8 heavy (non-hydrogen) atoms. The van der Waals surface area contributed by atoms with Crippen molar-refractivity contribution in [2.75, 3.05) is 0 Å². The molecule has 0 aromatic heterocycles. The Morgan fingerprint density at radius 3 is 1.25 bits per heavy atom. The summed E-state index contributed by atoms with van der Waals surface area (Å²) in [7, 11) is -4.24. The van der Waals surface area contributed by atoms with Gasteiger partial charge < -0.3 is 0 Å². The Bertz CT molecular complexity index is 118. The SMILES string of the molecule is O=[SH](=O)C(F)(F)F.[Pd]. The van der Waals surface area contributed by atoms with Gasteiger partial charge in [-0.25, -0.2) is 8.42 Å². The molecule has 0 saturated carbocycles. The summed E-state index contributed by atoms with van der Waals surface area (Å²) in [6.45, 7) is 0. The van der Waals surface area contributed by atoms with Gasteiger partial charge in [0.05, 0.1) is 0 Å². The molecule has 0 radical (unpaired) electrons. The van der Waals surface area contributed by atoms with E-state index in [9.17, 15) is 13.2 Å². The average molecular weight is 240 g/mol. The van der Waals surface area contributed by atoms with Crippen LogP contribution in [0.2, 0.25) is 0 Å². The van der Waals surface area contributed by atoms with Crippen molar-refractivity contribution >= 4 is 10.7 Å². The first-order chi connectivity index (χ1) is 2.94. The summed E-state index contributed by atoms with van der Waals surface area (Å²) in [5.74, 6) is 0. The molecule has 54 valence electrons. The molecule has 0 spiro atoms. The fourth-order valence-electron chi connectivity index (χ4n) is 0. The van der Waals surface area contributed by atoms with E-state index < -0.39 is 16.2 Å². The van der Waals surface area contributed by atoms with Gasteiger partial charge in [0.1, 0.15) is 0 Å². The maximum atomic E-state index is 10.6. The van der Waals surface area contributed by atoms with E-state index >= 15 is 0 Å². The van der Waals surface area contributed by atoms with Gasteiger partial charge in [0.15, 0.2) is 0 Å². The van der Waals surface area contributed by atoms with Crippen LogP contribution in [0.15, 0.2) is 0 Å². The van der Waals surface area contributed by atoms with E-state index in [4.69, 9.17) is 8.42 Å². The van der Waals surface area contributed by atoms with Crippen molar-refractivity contribution < 1.29 is 42.0 Å². The minimum Gasteiger partial charge on any atom is -0.223 e. The summed E-state index contributed by atoms with van der Waals surface area (Å²) in [6.07, 6.45) is 0. The van der Waals surface area contributed by atoms with Crippen LogP contribution in [0.3, 0.4) is 0 Å². The van der Waals surface area contributed by atoms with Crippen LogP contribution in [0, 0.1) is 0 Å². The average Bonchev–Trinajstić information content (AvgIpc) is 1.31. The fraction of sp³-hybridized carbons (Fsp3) is 1.00. The summed E-state index contributed by atoms with van der Waals surface area (Å²) < 4.78 is 49.6. The van der Waals surface area contributed by atoms with E-state index in [1.54, 1.807) is 0 Å². The molecule has 0 aliphatic heterocycles. The predicted molar refractivity (Wildman–Crippen MR) is 16.4 cm³/mol. The first kappa shape index (κ1) is 11.2. The number of halogens is 3. The van der Waals surface area contributed by atoms with Crippen LogP contribution in [0.25, 0.3) is 0 Å². The van der Waals surface area contributed by atoms with E-state index in [0.717, 1.165) is 0 Å². The van der Waals surface area contributed by atoms with E-state index in [1.807, 2.05) is 0 Å². The van der Waals surface area contributed by atoms with Gasteiger partial charge in [0.25, 0.3) is 0 Å². The third-order valence-electron chi connectivity index (χ3n) is 0.207. The largest absolute Gasteiger partial charge is 0.494 e. The molecule has 0 amide bonds. The molecule has 0 atom stereocenters. The second-order valence-corrected chi connectivity index (χ2v) is 1.75. The third-order valence-corrected chi connectivity index (χ3v) is 0.621. The van der Waals surface area contributed by atoms with Crippen molar-refractivity contribution in [1.82, 2.24) is 0 Å². The topological polar surface area (TPSA) is 34.1 Å². The third kappa shape index (κ3) is 4.56. The van der Waals surface area contributed by atoms with Gasteiger partial charge in [0, 0.05) is 20.4 Å². The summed E-state index contributed by atoms with van der Waals surface area (Å²) in [6, 6.07) is 0. The van der Waals surface area contributed by atoms with Crippen LogP contribution < -0.4 is 0 Å². The molecule has 0 aromatic carbocycles. The van der Waals surface area contributed by atoms with Gasteiger partial charge in [0.2, 0.25) is 10.7 Å². The number of hydrogen-bond acceptors (Lipinski definition) is 2. The van der Waals surface area contributed by atoms with Crippen molar-refractivity contribution in [3.8, 4) is 0 Å². The van der Waals surface area contributed by atoms with E-state index in [-0.39, 0.29) is 20.4 Å². The molecule has 0 bridgehead atoms. The zero-order valence-corrected chi connectivity index (χ0v) is 5.66. The van der Waals surface area contributed by atoms with Gasteiger partial charge in [-0.1, -0.05) is 0 Å². The van der Waals surface area contributed by atoms with Gasteiger partial charge in [-0.3, -0.25) is 0 Å². The van der Waals surface area contributed by atoms with Crippen molar-refractivity contribution in [3.05, 3.63) is 0 Å². The molecule has 2 nitrogen and oxygen atoms in total. The van der Waals surface area contributed by atoms with Crippen LogP contribution in [0.4, 0.5) is 13.2 Å². The molecule has 0 saturated heterocycles. The summed E-state index contributed by atoms with van der Waals surface area (Å²) in [5.41, 5.74) is -5.05. The second-order valence-electron chi connectivity index (χ2n) is 0.725. The van der Waals surface area contributed by atoms with Crippen molar-refractivity contribution in [2.24, 2.45) is 0 Å². The molecular formula is CHF3O2PdS. The summed E-state index contributed by atoms with van der Waals surface area (Å²) >= 11 is 0. The molecule has 0 rings (SSSR count). The van der Waals surface area contributed by atoms with Gasteiger partial charge >= 0.3 is 5.51 Å². The Labute approximate surface area is 58.7 Å². The molecule has 0 N–H and O–H groups in total. The van der Waals surface area contributed by atoms with Crippen LogP contribution in [-0.4, -0.2) is 13.9 Å². The Morgan fingerprint density at radius 2 is 1.25 bits per heavy atom. The standard InChI is InChI=1S/CHF3O2S.Pd/c2-1(3,4)7(5)6;/h7H;. The Morgan fingerprint density at radius 1 is 1.12 bits per heavy atom. The van der Waals surface area contributed by atoms with Crippen molar-refractivity contribution in [3.63, 3.8) is 0 Å². The van der Waals surface area contributed by atoms with E-state index in [2.05, 4.69) is 0 Å². The first-order valence-electron chi connectivity index (χ1n) is 1.16. The monoisotopic (exact) mass is 240 g/mol. The smallest absolute Gasteiger partial charge is 0.223 e. The zero-order valence-electron chi connectivity index (χ0n) is 3.21. The number of rotatable bonds is 0. The Hall–Kier alpha value is 0.402. The quantitative estimate of drug-likeness (QED) is 0.482. The summed E-state index contributed by atoms with van der Waals surface area (Å²) in [4.78, 5) is 0. The maximum Gasteiger partial charge on any atom is 0.494 e. The van der Waals surface area contributed by atoms with E-state index in [0.29, 0.717) is 0 Å². The molecular weight excluding hydrogens is 239 g/mol. The minimum atomic E-state index is -5.05. The fourth-order valence-corrected chi connectivity index (χ4v) is 0. The molecule has 0 aliphatic carbocycles. The Balaban J connectivity index is 0. The molecule has 7 heteroatoms. The van der Waals surface area contributed by atoms with Gasteiger partial charge in [-0.05, 0) is 0 Å². The second kappa shape index (κ2) is 3.43. The number of hydrogen-bond donors (Lipinski definition) is 1. The Kier molecular flexibility index (Phi) is 4.82. The first-order valence-corrected chi connectivity index (χ1v) is 2.33. The molecule has 0 heterocycles. The maximum absolute atomic E-state index is 10.6. The zero-order chi connectivity index (χ0) is 6.08. The summed E-state index contributed by atoms with van der Waals surface area (Å²) in [5, 5.41) is 0. The number of alkyl halides is 3. The van der Waals surface area contributed by atoms with E-state index in [1.165, 1.54) is 0 Å². The van der Waals surface area contributed by atoms with Gasteiger partial charge in [-0.2, -0.15) is 13.2 Å². The molecule has 0 aliphatic rings. The normalized spacial score (nSPS) is 11.0. The van der Waals surface area contributed by atoms with Crippen LogP contribution in [-0.2, 0) is 31.1 Å². The van der Waals surface area contributed by atoms with Crippen molar-refractivity contribution in [1.29, 1.82) is 0 Å². The van der Waals surface area contributed by atoms with Crippen LogP contribution >= 0.6 is 0 Å². The molecule has 0 fully saturated rings. The van der Waals surface area contributed by atoms with Gasteiger partial charge in [-0.15, -0.1) is 0 Å². The van der Waals surface area contributed by atoms with Crippen LogP contribution in [0.5, 0.6) is 0 Å². The molecule has 0 unspecified atom stereocenters. The molecule has 0 aromatic rings. The van der Waals surface area contributed by atoms with Crippen molar-refractivity contribution in [2.45, 2.75) is 5.51 Å².